The van der Waals surface area contributed by atoms with Crippen LogP contribution < -0.4 is 0 Å². The fourth-order valence-electron chi connectivity index (χ4n) is 9.44. The molecule has 31 heavy (non-hydrogen) atoms. The molecule has 7 atom stereocenters. The number of hydrogen-bond acceptors (Lipinski definition) is 0. The van der Waals surface area contributed by atoms with Crippen molar-refractivity contribution in [3.05, 3.63) is 22.8 Å². The maximum atomic E-state index is 6.90. The van der Waals surface area contributed by atoms with E-state index in [2.05, 4.69) is 61.5 Å². The smallest absolute Gasteiger partial charge is 0.0390 e. The van der Waals surface area contributed by atoms with Crippen LogP contribution in [0.1, 0.15) is 120 Å². The average molecular weight is 445 g/mol. The summed E-state index contributed by atoms with van der Waals surface area (Å²) in [5, 5.41) is 0.342. The molecule has 0 aromatic heterocycles. The lowest BCUT2D eigenvalue weighted by Gasteiger charge is -2.62. The second-order valence-electron chi connectivity index (χ2n) is 13.5. The van der Waals surface area contributed by atoms with Crippen molar-refractivity contribution < 1.29 is 0 Å². The minimum absolute atomic E-state index is 0.256. The summed E-state index contributed by atoms with van der Waals surface area (Å²) in [6.07, 6.45) is 15.9. The molecule has 0 radical (unpaired) electrons. The van der Waals surface area contributed by atoms with Crippen LogP contribution in [-0.4, -0.2) is 5.38 Å². The Morgan fingerprint density at radius 3 is 2.35 bits per heavy atom. The molecule has 176 valence electrons. The molecule has 0 aliphatic heterocycles. The van der Waals surface area contributed by atoms with Gasteiger partial charge >= 0.3 is 0 Å². The van der Waals surface area contributed by atoms with E-state index in [9.17, 15) is 0 Å². The van der Waals surface area contributed by atoms with Gasteiger partial charge in [-0.05, 0) is 117 Å². The number of allylic oxidation sites excluding steroid dienone is 4. The topological polar surface area (TPSA) is 0 Å². The molecule has 1 heteroatoms. The second-order valence-corrected chi connectivity index (χ2v) is 14.1. The average Bonchev–Trinajstić information content (AvgIpc) is 2.96. The van der Waals surface area contributed by atoms with E-state index in [1.165, 1.54) is 69.8 Å². The van der Waals surface area contributed by atoms with Gasteiger partial charge in [0.2, 0.25) is 0 Å². The van der Waals surface area contributed by atoms with E-state index in [1.54, 1.807) is 0 Å². The van der Waals surface area contributed by atoms with Crippen LogP contribution in [0.4, 0.5) is 0 Å². The molecule has 0 aromatic carbocycles. The van der Waals surface area contributed by atoms with Crippen LogP contribution in [0, 0.1) is 39.4 Å². The lowest BCUT2D eigenvalue weighted by Crippen LogP contribution is -2.54. The van der Waals surface area contributed by atoms with Crippen molar-refractivity contribution in [3.8, 4) is 0 Å². The Balaban J connectivity index is 1.65. The molecule has 0 spiro atoms. The Hall–Kier alpha value is -0.230. The summed E-state index contributed by atoms with van der Waals surface area (Å²) in [7, 11) is 0. The summed E-state index contributed by atoms with van der Waals surface area (Å²) in [6.45, 7) is 20.0. The van der Waals surface area contributed by atoms with E-state index >= 15 is 0 Å². The molecular weight excluding hydrogens is 396 g/mol. The van der Waals surface area contributed by atoms with Crippen LogP contribution in [0.2, 0.25) is 0 Å². The first-order valence-corrected chi connectivity index (χ1v) is 13.8. The zero-order chi connectivity index (χ0) is 22.8. The first-order valence-electron chi connectivity index (χ1n) is 13.4. The van der Waals surface area contributed by atoms with Gasteiger partial charge in [-0.15, -0.1) is 11.6 Å². The zero-order valence-electron chi connectivity index (χ0n) is 21.8. The normalized spacial score (nSPS) is 44.9. The molecule has 0 heterocycles. The SMILES string of the molecule is CC(C)=CCC[C@@H](C)[C@H]1CC[C@@]2(C)C3=C(CC[C@]12C)[C@@]1(C)CCC(Cl)C(C)(C)C1CC3. The van der Waals surface area contributed by atoms with Crippen molar-refractivity contribution in [2.75, 3.05) is 0 Å². The number of rotatable bonds is 4. The van der Waals surface area contributed by atoms with Gasteiger partial charge in [0.05, 0.1) is 0 Å². The summed E-state index contributed by atoms with van der Waals surface area (Å²) in [5.74, 6) is 2.47. The van der Waals surface area contributed by atoms with Crippen molar-refractivity contribution >= 4 is 11.6 Å². The Morgan fingerprint density at radius 1 is 0.968 bits per heavy atom. The molecule has 0 aromatic rings. The molecule has 4 aliphatic rings. The summed E-state index contributed by atoms with van der Waals surface area (Å²) >= 11 is 6.90. The first kappa shape index (κ1) is 23.9. The van der Waals surface area contributed by atoms with Crippen LogP contribution in [0.5, 0.6) is 0 Å². The molecule has 0 saturated heterocycles. The van der Waals surface area contributed by atoms with Crippen molar-refractivity contribution in [2.24, 2.45) is 39.4 Å². The highest BCUT2D eigenvalue weighted by atomic mass is 35.5. The van der Waals surface area contributed by atoms with E-state index in [0.29, 0.717) is 21.6 Å². The number of fused-ring (bicyclic) bond motifs is 4. The molecule has 2 saturated carbocycles. The minimum atomic E-state index is 0.256. The first-order chi connectivity index (χ1) is 14.4. The summed E-state index contributed by atoms with van der Waals surface area (Å²) in [6, 6.07) is 0. The van der Waals surface area contributed by atoms with Crippen LogP contribution >= 0.6 is 11.6 Å². The predicted octanol–water partition coefficient (Wildman–Crippen LogP) is 9.73. The van der Waals surface area contributed by atoms with Gasteiger partial charge < -0.3 is 0 Å². The Bertz CT molecular complexity index is 767. The van der Waals surface area contributed by atoms with Gasteiger partial charge in [0.25, 0.3) is 0 Å². The van der Waals surface area contributed by atoms with Gasteiger partial charge in [0, 0.05) is 5.38 Å². The highest BCUT2D eigenvalue weighted by Gasteiger charge is 2.63. The van der Waals surface area contributed by atoms with Gasteiger partial charge in [-0.1, -0.05) is 64.3 Å². The third-order valence-corrected chi connectivity index (χ3v) is 12.4. The molecule has 0 N–H and O–H groups in total. The molecule has 0 bridgehead atoms. The third-order valence-electron chi connectivity index (χ3n) is 11.6. The molecule has 0 amide bonds. The van der Waals surface area contributed by atoms with E-state index in [1.807, 2.05) is 11.1 Å². The molecular formula is C30H49Cl. The van der Waals surface area contributed by atoms with Crippen LogP contribution in [0.25, 0.3) is 0 Å². The van der Waals surface area contributed by atoms with Gasteiger partial charge in [-0.25, -0.2) is 0 Å². The van der Waals surface area contributed by atoms with Gasteiger partial charge in [0.15, 0.2) is 0 Å². The molecule has 4 rings (SSSR count). The number of hydrogen-bond donors (Lipinski definition) is 0. The predicted molar refractivity (Wildman–Crippen MR) is 137 cm³/mol. The zero-order valence-corrected chi connectivity index (χ0v) is 22.6. The maximum absolute atomic E-state index is 6.90. The van der Waals surface area contributed by atoms with Gasteiger partial charge in [-0.3, -0.25) is 0 Å². The molecule has 0 nitrogen and oxygen atoms in total. The largest absolute Gasteiger partial charge is 0.122 e. The summed E-state index contributed by atoms with van der Waals surface area (Å²) in [4.78, 5) is 0. The van der Waals surface area contributed by atoms with Crippen LogP contribution in [-0.2, 0) is 0 Å². The van der Waals surface area contributed by atoms with Crippen LogP contribution in [0.15, 0.2) is 22.8 Å². The van der Waals surface area contributed by atoms with E-state index < -0.39 is 0 Å². The lowest BCUT2D eigenvalue weighted by atomic mass is 9.43. The Morgan fingerprint density at radius 2 is 1.68 bits per heavy atom. The van der Waals surface area contributed by atoms with Crippen molar-refractivity contribution in [2.45, 2.75) is 125 Å². The van der Waals surface area contributed by atoms with E-state index in [4.69, 9.17) is 11.6 Å². The lowest BCUT2D eigenvalue weighted by molar-refractivity contribution is -0.0176. The maximum Gasteiger partial charge on any atom is 0.0390 e. The minimum Gasteiger partial charge on any atom is -0.122 e. The van der Waals surface area contributed by atoms with E-state index in [0.717, 1.165) is 17.8 Å². The highest BCUT2D eigenvalue weighted by molar-refractivity contribution is 6.21. The third kappa shape index (κ3) is 3.43. The Labute approximate surface area is 198 Å². The van der Waals surface area contributed by atoms with Gasteiger partial charge in [-0.2, -0.15) is 0 Å². The van der Waals surface area contributed by atoms with Crippen molar-refractivity contribution in [1.82, 2.24) is 0 Å². The monoisotopic (exact) mass is 444 g/mol. The fourth-order valence-corrected chi connectivity index (χ4v) is 9.70. The Kier molecular flexibility index (Phi) is 6.11. The highest BCUT2D eigenvalue weighted by Crippen LogP contribution is 2.72. The van der Waals surface area contributed by atoms with Gasteiger partial charge in [0.1, 0.15) is 0 Å². The summed E-state index contributed by atoms with van der Waals surface area (Å²) in [5.41, 5.74) is 6.85. The molecule has 2 fully saturated rings. The van der Waals surface area contributed by atoms with Crippen molar-refractivity contribution in [3.63, 3.8) is 0 Å². The standard InChI is InChI=1S/C30H49Cl/c1-20(2)10-9-11-21(3)22-14-18-30(8)24-12-13-25-27(4,5)26(31)16-17-28(25,6)23(24)15-19-29(22,30)7/h10,21-22,25-26H,9,11-19H2,1-8H3/t21-,22-,25?,26?,28-,29-,30+/m1/s1. The van der Waals surface area contributed by atoms with Crippen molar-refractivity contribution in [1.29, 1.82) is 0 Å². The number of halogens is 1. The fraction of sp³-hybridized carbons (Fsp3) is 0.867. The molecule has 4 aliphatic carbocycles. The van der Waals surface area contributed by atoms with Crippen LogP contribution in [0.3, 0.4) is 0 Å². The van der Waals surface area contributed by atoms with E-state index in [-0.39, 0.29) is 5.41 Å². The number of alkyl halides is 1. The molecule has 2 unspecified atom stereocenters. The quantitative estimate of drug-likeness (QED) is 0.299. The summed E-state index contributed by atoms with van der Waals surface area (Å²) < 4.78 is 0. The second kappa shape index (κ2) is 7.92.